The fourth-order valence-corrected chi connectivity index (χ4v) is 5.54. The molecule has 0 aromatic heterocycles. The summed E-state index contributed by atoms with van der Waals surface area (Å²) >= 11 is 9.43. The van der Waals surface area contributed by atoms with Gasteiger partial charge in [-0.05, 0) is 66.8 Å². The Bertz CT molecular complexity index is 738. The number of rotatable bonds is 10. The Kier molecular flexibility index (Phi) is 10.1. The summed E-state index contributed by atoms with van der Waals surface area (Å²) in [7, 11) is 0. The lowest BCUT2D eigenvalue weighted by Gasteiger charge is -2.46. The number of nitrogens with one attached hydrogen (secondary N) is 2. The summed E-state index contributed by atoms with van der Waals surface area (Å²) in [5.41, 5.74) is 1.36. The van der Waals surface area contributed by atoms with Gasteiger partial charge in [0.15, 0.2) is 0 Å². The predicted molar refractivity (Wildman–Crippen MR) is 137 cm³/mol. The van der Waals surface area contributed by atoms with E-state index >= 15 is 0 Å². The Hall–Kier alpha value is -1.27. The second-order valence-corrected chi connectivity index (χ2v) is 11.0. The zero-order valence-corrected chi connectivity index (χ0v) is 21.3. The van der Waals surface area contributed by atoms with Crippen LogP contribution in [0.25, 0.3) is 0 Å². The van der Waals surface area contributed by atoms with Gasteiger partial charge in [0.05, 0.1) is 0 Å². The summed E-state index contributed by atoms with van der Waals surface area (Å²) in [5, 5.41) is 6.49. The third-order valence-corrected chi connectivity index (χ3v) is 6.51. The second-order valence-electron chi connectivity index (χ2n) is 10.2. The second kappa shape index (κ2) is 12.1. The van der Waals surface area contributed by atoms with Crippen molar-refractivity contribution in [2.45, 2.75) is 91.5 Å². The lowest BCUT2D eigenvalue weighted by atomic mass is 9.62. The third-order valence-electron chi connectivity index (χ3n) is 6.16. The maximum Gasteiger partial charge on any atom is 0.276 e. The molecule has 2 atom stereocenters. The van der Waals surface area contributed by atoms with Crippen LogP contribution in [0.4, 0.5) is 4.79 Å². The molecule has 31 heavy (non-hydrogen) atoms. The number of unbranched alkanes of at least 4 members (excludes halogenated alkanes) is 4. The van der Waals surface area contributed by atoms with Gasteiger partial charge in [-0.25, -0.2) is 0 Å². The van der Waals surface area contributed by atoms with Crippen molar-refractivity contribution in [3.05, 3.63) is 29.8 Å². The largest absolute Gasteiger partial charge is 0.432 e. The molecule has 0 aliphatic heterocycles. The average molecular weight is 465 g/mol. The van der Waals surface area contributed by atoms with Gasteiger partial charge in [-0.3, -0.25) is 4.79 Å². The Labute approximate surface area is 199 Å². The van der Waals surface area contributed by atoms with Crippen LogP contribution in [0.15, 0.2) is 24.3 Å². The Balaban J connectivity index is 1.90. The van der Waals surface area contributed by atoms with Gasteiger partial charge in [-0.1, -0.05) is 84.2 Å². The molecule has 0 heterocycles. The van der Waals surface area contributed by atoms with Crippen LogP contribution in [0, 0.1) is 10.8 Å². The fraction of sp³-hybridized carbons (Fsp3) is 0.680. The van der Waals surface area contributed by atoms with Crippen LogP contribution in [0.1, 0.15) is 84.6 Å². The number of amides is 1. The molecule has 0 bridgehead atoms. The summed E-state index contributed by atoms with van der Waals surface area (Å²) in [6.07, 6.45) is 10.2. The highest BCUT2D eigenvalue weighted by Gasteiger charge is 2.41. The van der Waals surface area contributed by atoms with Gasteiger partial charge in [0.25, 0.3) is 10.4 Å². The minimum absolute atomic E-state index is 0.00879. The standard InChI is InChI=1S/C25H40N2O2S2/c1-5-6-7-8-9-12-19-13-10-11-14-21(19)29-23(31)26-18-25(4)16-20(27-22(28)30)15-24(2,3)17-25/h10-11,13-14,20H,5-9,12,15-18H2,1-4H3,(H,26,31)(H2,27,28,30). The Morgan fingerprint density at radius 1 is 1.16 bits per heavy atom. The normalized spacial score (nSPS) is 22.5. The number of carbonyl (C=O) groups excluding carboxylic acids is 1. The van der Waals surface area contributed by atoms with Crippen LogP contribution in [0.5, 0.6) is 5.75 Å². The summed E-state index contributed by atoms with van der Waals surface area (Å²) < 4.78 is 6.04. The third kappa shape index (κ3) is 9.40. The van der Waals surface area contributed by atoms with Crippen molar-refractivity contribution in [2.24, 2.45) is 10.8 Å². The van der Waals surface area contributed by atoms with Crippen LogP contribution >= 0.6 is 24.8 Å². The van der Waals surface area contributed by atoms with E-state index in [1.807, 2.05) is 12.1 Å². The highest BCUT2D eigenvalue weighted by atomic mass is 32.1. The van der Waals surface area contributed by atoms with Gasteiger partial charge < -0.3 is 15.4 Å². The molecule has 1 aliphatic rings. The van der Waals surface area contributed by atoms with Crippen LogP contribution in [0.2, 0.25) is 0 Å². The number of aryl methyl sites for hydroxylation is 1. The Morgan fingerprint density at radius 2 is 1.87 bits per heavy atom. The van der Waals surface area contributed by atoms with E-state index in [0.717, 1.165) is 31.4 Å². The quantitative estimate of drug-likeness (QED) is 0.205. The highest BCUT2D eigenvalue weighted by Crippen LogP contribution is 2.45. The summed E-state index contributed by atoms with van der Waals surface area (Å²) in [5.74, 6) is 0.852. The maximum atomic E-state index is 11.5. The number of carbonyl (C=O) groups is 1. The molecule has 2 rings (SSSR count). The molecule has 1 amide bonds. The molecule has 6 heteroatoms. The van der Waals surface area contributed by atoms with E-state index < -0.39 is 0 Å². The van der Waals surface area contributed by atoms with E-state index in [-0.39, 0.29) is 22.1 Å². The predicted octanol–water partition coefficient (Wildman–Crippen LogP) is 6.68. The summed E-state index contributed by atoms with van der Waals surface area (Å²) in [4.78, 5) is 11.5. The van der Waals surface area contributed by atoms with E-state index in [1.165, 1.54) is 37.7 Å². The van der Waals surface area contributed by atoms with Crippen LogP contribution < -0.4 is 15.4 Å². The van der Waals surface area contributed by atoms with E-state index in [0.29, 0.717) is 11.7 Å². The average Bonchev–Trinajstić information content (AvgIpc) is 2.65. The molecular formula is C25H40N2O2S2. The topological polar surface area (TPSA) is 50.4 Å². The summed E-state index contributed by atoms with van der Waals surface area (Å²) in [6, 6.07) is 8.32. The lowest BCUT2D eigenvalue weighted by molar-refractivity contribution is 0.0778. The van der Waals surface area contributed by atoms with E-state index in [1.54, 1.807) is 0 Å². The fourth-order valence-electron chi connectivity index (χ4n) is 5.20. The Morgan fingerprint density at radius 3 is 2.58 bits per heavy atom. The van der Waals surface area contributed by atoms with Gasteiger partial charge >= 0.3 is 0 Å². The van der Waals surface area contributed by atoms with E-state index in [9.17, 15) is 4.79 Å². The highest BCUT2D eigenvalue weighted by molar-refractivity contribution is 7.96. The van der Waals surface area contributed by atoms with Crippen molar-refractivity contribution in [2.75, 3.05) is 6.54 Å². The zero-order valence-electron chi connectivity index (χ0n) is 19.6. The van der Waals surface area contributed by atoms with Crippen LogP contribution in [0.3, 0.4) is 0 Å². The van der Waals surface area contributed by atoms with Crippen LogP contribution in [-0.2, 0) is 6.42 Å². The molecule has 1 aromatic rings. The molecule has 174 valence electrons. The van der Waals surface area contributed by atoms with Crippen molar-refractivity contribution in [1.29, 1.82) is 0 Å². The van der Waals surface area contributed by atoms with E-state index in [4.69, 9.17) is 17.0 Å². The minimum atomic E-state index is -0.261. The monoisotopic (exact) mass is 464 g/mol. The number of hydrogen-bond donors (Lipinski definition) is 3. The molecule has 2 N–H and O–H groups in total. The van der Waals surface area contributed by atoms with Crippen molar-refractivity contribution in [1.82, 2.24) is 10.6 Å². The molecule has 1 fully saturated rings. The van der Waals surface area contributed by atoms with Crippen LogP contribution in [-0.4, -0.2) is 23.0 Å². The van der Waals surface area contributed by atoms with Gasteiger partial charge in [-0.2, -0.15) is 0 Å². The molecule has 4 nitrogen and oxygen atoms in total. The molecule has 0 radical (unpaired) electrons. The number of hydrogen-bond acceptors (Lipinski definition) is 3. The number of para-hydroxylation sites is 1. The van der Waals surface area contributed by atoms with Gasteiger partial charge in [-0.15, -0.1) is 0 Å². The molecule has 2 unspecified atom stereocenters. The van der Waals surface area contributed by atoms with E-state index in [2.05, 4.69) is 63.1 Å². The number of thiocarbonyl (C=S) groups is 1. The lowest BCUT2D eigenvalue weighted by Crippen LogP contribution is -2.49. The molecule has 1 aliphatic carbocycles. The first-order chi connectivity index (χ1) is 14.6. The molecule has 1 aromatic carbocycles. The smallest absolute Gasteiger partial charge is 0.276 e. The molecular weight excluding hydrogens is 424 g/mol. The number of thiol groups is 1. The molecule has 1 saturated carbocycles. The minimum Gasteiger partial charge on any atom is -0.432 e. The zero-order chi connectivity index (χ0) is 22.9. The van der Waals surface area contributed by atoms with Crippen molar-refractivity contribution >= 4 is 35.3 Å². The number of ether oxygens (including phenoxy) is 1. The first-order valence-electron chi connectivity index (χ1n) is 11.7. The number of benzene rings is 1. The summed E-state index contributed by atoms with van der Waals surface area (Å²) in [6.45, 7) is 9.72. The van der Waals surface area contributed by atoms with Gasteiger partial charge in [0, 0.05) is 12.6 Å². The SMILES string of the molecule is CCCCCCCc1ccccc1OC(=S)NCC1(C)CC(NC(=O)S)CC(C)(C)C1. The van der Waals surface area contributed by atoms with Gasteiger partial charge in [0.1, 0.15) is 5.75 Å². The molecule has 0 spiro atoms. The first-order valence-corrected chi connectivity index (χ1v) is 12.5. The maximum absolute atomic E-state index is 11.5. The van der Waals surface area contributed by atoms with Crippen molar-refractivity contribution in [3.63, 3.8) is 0 Å². The van der Waals surface area contributed by atoms with Gasteiger partial charge in [0.2, 0.25) is 0 Å². The van der Waals surface area contributed by atoms with Crippen molar-refractivity contribution < 1.29 is 9.53 Å². The van der Waals surface area contributed by atoms with Crippen molar-refractivity contribution in [3.8, 4) is 5.75 Å². The molecule has 0 saturated heterocycles. The first kappa shape index (κ1) is 26.0.